The Balaban J connectivity index is 0.00000312. The molecule has 7 heteroatoms. The molecule has 5 nitrogen and oxygen atoms in total. The Bertz CT molecular complexity index is 511. The number of rotatable bonds is 8. The van der Waals surface area contributed by atoms with E-state index in [-0.39, 0.29) is 36.0 Å². The minimum atomic E-state index is 0. The van der Waals surface area contributed by atoms with Crippen molar-refractivity contribution in [1.82, 2.24) is 10.6 Å². The highest BCUT2D eigenvalue weighted by atomic mass is 127. The molecular weight excluding hydrogens is 497 g/mol. The van der Waals surface area contributed by atoms with Crippen molar-refractivity contribution in [3.05, 3.63) is 22.6 Å². The summed E-state index contributed by atoms with van der Waals surface area (Å²) in [5.74, 6) is 1.81. The molecule has 0 unspecified atom stereocenters. The van der Waals surface area contributed by atoms with Gasteiger partial charge in [-0.15, -0.1) is 24.0 Å². The van der Waals surface area contributed by atoms with Crippen LogP contribution in [0.3, 0.4) is 0 Å². The lowest BCUT2D eigenvalue weighted by Crippen LogP contribution is -2.40. The maximum atomic E-state index is 9.43. The summed E-state index contributed by atoms with van der Waals surface area (Å²) < 4.78 is 6.28. The summed E-state index contributed by atoms with van der Waals surface area (Å²) in [5.41, 5.74) is 0.182. The average molecular weight is 528 g/mol. The molecule has 0 aromatic carbocycles. The van der Waals surface area contributed by atoms with Crippen molar-refractivity contribution < 1.29 is 9.52 Å². The van der Waals surface area contributed by atoms with Gasteiger partial charge in [0.15, 0.2) is 10.6 Å². The number of hydrogen-bond acceptors (Lipinski definition) is 3. The van der Waals surface area contributed by atoms with Crippen LogP contribution in [0.15, 0.2) is 26.2 Å². The first-order chi connectivity index (χ1) is 11.7. The first kappa shape index (κ1) is 22.8. The van der Waals surface area contributed by atoms with Crippen LogP contribution in [0.25, 0.3) is 0 Å². The molecule has 1 aromatic rings. The number of furan rings is 1. The van der Waals surface area contributed by atoms with Gasteiger partial charge in [-0.05, 0) is 59.7 Å². The van der Waals surface area contributed by atoms with Crippen LogP contribution < -0.4 is 10.6 Å². The summed E-state index contributed by atoms with van der Waals surface area (Å²) >= 11 is 3.32. The molecule has 0 saturated heterocycles. The van der Waals surface area contributed by atoms with Crippen LogP contribution in [0, 0.1) is 5.41 Å². The van der Waals surface area contributed by atoms with E-state index in [1.54, 1.807) is 0 Å². The van der Waals surface area contributed by atoms with Gasteiger partial charge in [0, 0.05) is 32.7 Å². The zero-order valence-electron chi connectivity index (χ0n) is 15.0. The van der Waals surface area contributed by atoms with Crippen molar-refractivity contribution in [3.63, 3.8) is 0 Å². The Hall–Kier alpha value is -0.280. The van der Waals surface area contributed by atoms with Gasteiger partial charge in [-0.2, -0.15) is 0 Å². The van der Waals surface area contributed by atoms with Crippen molar-refractivity contribution in [2.75, 3.05) is 26.2 Å². The van der Waals surface area contributed by atoms with E-state index in [9.17, 15) is 5.11 Å². The molecule has 1 fully saturated rings. The number of nitrogens with one attached hydrogen (secondary N) is 2. The third-order valence-electron chi connectivity index (χ3n) is 4.77. The molecular formula is C18H31BrIN3O2. The highest BCUT2D eigenvalue weighted by molar-refractivity contribution is 14.0. The largest absolute Gasteiger partial charge is 0.454 e. The lowest BCUT2D eigenvalue weighted by Gasteiger charge is -2.35. The van der Waals surface area contributed by atoms with E-state index in [4.69, 9.17) is 9.41 Å². The number of aliphatic hydroxyl groups excluding tert-OH is 1. The molecule has 1 heterocycles. The second-order valence-electron chi connectivity index (χ2n) is 6.61. The monoisotopic (exact) mass is 527 g/mol. The fourth-order valence-electron chi connectivity index (χ4n) is 3.40. The number of aliphatic imine (C=N–C) groups is 1. The number of halogens is 2. The molecule has 144 valence electrons. The predicted molar refractivity (Wildman–Crippen MR) is 117 cm³/mol. The van der Waals surface area contributed by atoms with Crippen molar-refractivity contribution in [1.29, 1.82) is 0 Å². The van der Waals surface area contributed by atoms with Crippen LogP contribution in [-0.4, -0.2) is 37.3 Å². The van der Waals surface area contributed by atoms with E-state index in [0.29, 0.717) is 0 Å². The molecule has 0 atom stereocenters. The van der Waals surface area contributed by atoms with Crippen molar-refractivity contribution in [2.24, 2.45) is 10.4 Å². The summed E-state index contributed by atoms with van der Waals surface area (Å²) in [7, 11) is 0. The Labute approximate surface area is 176 Å². The topological polar surface area (TPSA) is 69.8 Å². The number of hydrogen-bond donors (Lipinski definition) is 3. The van der Waals surface area contributed by atoms with Crippen LogP contribution in [0.2, 0.25) is 0 Å². The SMILES string of the molecule is CCNC(=NCC1(CCO)CCCCC1)NCCc1ccc(Br)o1.I. The number of aliphatic hydroxyl groups is 1. The van der Waals surface area contributed by atoms with Crippen LogP contribution in [0.4, 0.5) is 0 Å². The lowest BCUT2D eigenvalue weighted by atomic mass is 9.72. The Morgan fingerprint density at radius 3 is 2.64 bits per heavy atom. The third-order valence-corrected chi connectivity index (χ3v) is 5.19. The molecule has 1 aliphatic carbocycles. The fourth-order valence-corrected chi connectivity index (χ4v) is 3.74. The molecule has 0 aliphatic heterocycles. The molecule has 1 saturated carbocycles. The number of guanidine groups is 1. The maximum Gasteiger partial charge on any atom is 0.191 e. The predicted octanol–water partition coefficient (Wildman–Crippen LogP) is 4.09. The van der Waals surface area contributed by atoms with Gasteiger partial charge in [0.2, 0.25) is 0 Å². The van der Waals surface area contributed by atoms with Crippen LogP contribution >= 0.6 is 39.9 Å². The summed E-state index contributed by atoms with van der Waals surface area (Å²) in [6.45, 7) is 4.73. The summed E-state index contributed by atoms with van der Waals surface area (Å²) in [6.07, 6.45) is 7.86. The van der Waals surface area contributed by atoms with Gasteiger partial charge in [0.25, 0.3) is 0 Å². The zero-order chi connectivity index (χ0) is 17.3. The quantitative estimate of drug-likeness (QED) is 0.270. The van der Waals surface area contributed by atoms with Gasteiger partial charge in [0.05, 0.1) is 0 Å². The molecule has 2 rings (SSSR count). The van der Waals surface area contributed by atoms with Crippen molar-refractivity contribution >= 4 is 45.9 Å². The van der Waals surface area contributed by atoms with Crippen molar-refractivity contribution in [3.8, 4) is 0 Å². The normalized spacial score (nSPS) is 17.0. The minimum Gasteiger partial charge on any atom is -0.454 e. The smallest absolute Gasteiger partial charge is 0.191 e. The van der Waals surface area contributed by atoms with Gasteiger partial charge in [-0.3, -0.25) is 4.99 Å². The highest BCUT2D eigenvalue weighted by Crippen LogP contribution is 2.39. The zero-order valence-corrected chi connectivity index (χ0v) is 18.9. The molecule has 0 amide bonds. The Morgan fingerprint density at radius 1 is 1.28 bits per heavy atom. The van der Waals surface area contributed by atoms with Gasteiger partial charge >= 0.3 is 0 Å². The highest BCUT2D eigenvalue weighted by Gasteiger charge is 2.31. The second kappa shape index (κ2) is 12.2. The standard InChI is InChI=1S/C18H30BrN3O2.HI/c1-2-20-17(21-12-8-15-6-7-16(19)24-15)22-14-18(11-13-23)9-4-3-5-10-18;/h6-7,23H,2-5,8-14H2,1H3,(H2,20,21,22);1H. The molecule has 0 radical (unpaired) electrons. The summed E-state index contributed by atoms with van der Waals surface area (Å²) in [4.78, 5) is 4.81. The molecule has 1 aliphatic rings. The van der Waals surface area contributed by atoms with Gasteiger partial charge in [-0.1, -0.05) is 19.3 Å². The summed E-state index contributed by atoms with van der Waals surface area (Å²) in [6, 6.07) is 3.89. The first-order valence-electron chi connectivity index (χ1n) is 9.05. The van der Waals surface area contributed by atoms with Gasteiger partial charge in [-0.25, -0.2) is 0 Å². The fraction of sp³-hybridized carbons (Fsp3) is 0.722. The Kier molecular flexibility index (Phi) is 11.1. The third kappa shape index (κ3) is 7.86. The molecule has 25 heavy (non-hydrogen) atoms. The van der Waals surface area contributed by atoms with Crippen LogP contribution in [-0.2, 0) is 6.42 Å². The number of nitrogens with zero attached hydrogens (tertiary/aromatic N) is 1. The van der Waals surface area contributed by atoms with E-state index in [1.165, 1.54) is 32.1 Å². The molecule has 0 bridgehead atoms. The first-order valence-corrected chi connectivity index (χ1v) is 9.84. The van der Waals surface area contributed by atoms with E-state index in [1.807, 2.05) is 12.1 Å². The van der Waals surface area contributed by atoms with Gasteiger partial charge < -0.3 is 20.2 Å². The van der Waals surface area contributed by atoms with E-state index in [0.717, 1.165) is 48.9 Å². The molecule has 1 aromatic heterocycles. The lowest BCUT2D eigenvalue weighted by molar-refractivity contribution is 0.137. The van der Waals surface area contributed by atoms with Crippen molar-refractivity contribution in [2.45, 2.75) is 51.9 Å². The molecule has 0 spiro atoms. The maximum absolute atomic E-state index is 9.43. The van der Waals surface area contributed by atoms with Crippen LogP contribution in [0.5, 0.6) is 0 Å². The minimum absolute atomic E-state index is 0. The summed E-state index contributed by atoms with van der Waals surface area (Å²) in [5, 5.41) is 16.1. The molecule has 3 N–H and O–H groups in total. The Morgan fingerprint density at radius 2 is 2.04 bits per heavy atom. The van der Waals surface area contributed by atoms with E-state index >= 15 is 0 Å². The van der Waals surface area contributed by atoms with E-state index in [2.05, 4.69) is 33.5 Å². The average Bonchev–Trinajstić information content (AvgIpc) is 2.99. The van der Waals surface area contributed by atoms with Crippen LogP contribution in [0.1, 0.15) is 51.2 Å². The van der Waals surface area contributed by atoms with Gasteiger partial charge in [0.1, 0.15) is 5.76 Å². The second-order valence-corrected chi connectivity index (χ2v) is 7.39. The van der Waals surface area contributed by atoms with E-state index < -0.39 is 0 Å².